The molecule has 1 saturated heterocycles. The minimum atomic E-state index is 0.652. The molecule has 0 spiro atoms. The molecule has 1 aliphatic rings. The third-order valence-electron chi connectivity index (χ3n) is 3.47. The van der Waals surface area contributed by atoms with Gasteiger partial charge in [-0.25, -0.2) is 9.97 Å². The Morgan fingerprint density at radius 3 is 2.88 bits per heavy atom. The van der Waals surface area contributed by atoms with Crippen LogP contribution in [0.1, 0.15) is 38.9 Å². The molecule has 17 heavy (non-hydrogen) atoms. The van der Waals surface area contributed by atoms with Gasteiger partial charge in [-0.05, 0) is 19.3 Å². The minimum Gasteiger partial charge on any atom is -0.373 e. The Balaban J connectivity index is 2.30. The van der Waals surface area contributed by atoms with Crippen LogP contribution in [0.25, 0.3) is 0 Å². The third kappa shape index (κ3) is 2.51. The van der Waals surface area contributed by atoms with E-state index in [0.717, 1.165) is 30.4 Å². The second kappa shape index (κ2) is 5.34. The van der Waals surface area contributed by atoms with Crippen molar-refractivity contribution in [2.45, 2.75) is 45.6 Å². The van der Waals surface area contributed by atoms with Crippen LogP contribution >= 0.6 is 0 Å². The first-order valence-electron chi connectivity index (χ1n) is 6.60. The molecule has 4 heteroatoms. The molecule has 0 saturated carbocycles. The van der Waals surface area contributed by atoms with Gasteiger partial charge in [0.1, 0.15) is 17.5 Å². The smallest absolute Gasteiger partial charge is 0.134 e. The van der Waals surface area contributed by atoms with E-state index in [2.05, 4.69) is 40.1 Å². The van der Waals surface area contributed by atoms with Crippen LogP contribution < -0.4 is 10.2 Å². The number of hydrogen-bond acceptors (Lipinski definition) is 4. The van der Waals surface area contributed by atoms with Crippen molar-refractivity contribution in [3.05, 3.63) is 11.9 Å². The lowest BCUT2D eigenvalue weighted by molar-refractivity contribution is 0.638. The van der Waals surface area contributed by atoms with E-state index < -0.39 is 0 Å². The van der Waals surface area contributed by atoms with Gasteiger partial charge >= 0.3 is 0 Å². The lowest BCUT2D eigenvalue weighted by Crippen LogP contribution is -2.29. The van der Waals surface area contributed by atoms with E-state index in [1.165, 1.54) is 19.3 Å². The Bertz CT molecular complexity index is 355. The fourth-order valence-electron chi connectivity index (χ4n) is 2.48. The Kier molecular flexibility index (Phi) is 3.82. The molecule has 1 fully saturated rings. The maximum atomic E-state index is 4.65. The van der Waals surface area contributed by atoms with Crippen LogP contribution in [0, 0.1) is 0 Å². The fourth-order valence-corrected chi connectivity index (χ4v) is 2.48. The molecule has 0 amide bonds. The second-order valence-electron chi connectivity index (χ2n) is 4.53. The van der Waals surface area contributed by atoms with E-state index in [1.807, 2.05) is 7.05 Å². The quantitative estimate of drug-likeness (QED) is 0.869. The second-order valence-corrected chi connectivity index (χ2v) is 4.53. The topological polar surface area (TPSA) is 41.1 Å². The van der Waals surface area contributed by atoms with E-state index in [4.69, 9.17) is 0 Å². The van der Waals surface area contributed by atoms with Crippen molar-refractivity contribution in [1.82, 2.24) is 9.97 Å². The van der Waals surface area contributed by atoms with Gasteiger partial charge in [0.15, 0.2) is 0 Å². The maximum Gasteiger partial charge on any atom is 0.134 e. The summed E-state index contributed by atoms with van der Waals surface area (Å²) in [6.07, 6.45) is 4.64. The van der Waals surface area contributed by atoms with Crippen molar-refractivity contribution in [2.75, 3.05) is 23.8 Å². The van der Waals surface area contributed by atoms with Crippen LogP contribution in [-0.4, -0.2) is 29.6 Å². The van der Waals surface area contributed by atoms with Crippen LogP contribution in [0.5, 0.6) is 0 Å². The predicted molar refractivity (Wildman–Crippen MR) is 71.6 cm³/mol. The van der Waals surface area contributed by atoms with E-state index in [0.29, 0.717) is 6.04 Å². The highest BCUT2D eigenvalue weighted by Crippen LogP contribution is 2.27. The molecule has 1 aliphatic heterocycles. The van der Waals surface area contributed by atoms with Gasteiger partial charge in [0.2, 0.25) is 0 Å². The van der Waals surface area contributed by atoms with Crippen LogP contribution in [-0.2, 0) is 6.42 Å². The Hall–Kier alpha value is -1.32. The summed E-state index contributed by atoms with van der Waals surface area (Å²) >= 11 is 0. The van der Waals surface area contributed by atoms with Gasteiger partial charge in [0, 0.05) is 32.1 Å². The van der Waals surface area contributed by atoms with Gasteiger partial charge in [-0.2, -0.15) is 0 Å². The highest BCUT2D eigenvalue weighted by Gasteiger charge is 2.24. The molecule has 0 aromatic carbocycles. The first-order chi connectivity index (χ1) is 8.28. The predicted octanol–water partition coefficient (Wildman–Crippen LogP) is 2.46. The molecule has 0 aliphatic carbocycles. The Morgan fingerprint density at radius 1 is 1.41 bits per heavy atom. The molecule has 1 aromatic heterocycles. The molecular formula is C13H22N4. The van der Waals surface area contributed by atoms with Gasteiger partial charge in [0.25, 0.3) is 0 Å². The average molecular weight is 234 g/mol. The van der Waals surface area contributed by atoms with Crippen LogP contribution in [0.2, 0.25) is 0 Å². The molecular weight excluding hydrogens is 212 g/mol. The summed E-state index contributed by atoms with van der Waals surface area (Å²) in [6, 6.07) is 2.71. The van der Waals surface area contributed by atoms with E-state index in [9.17, 15) is 0 Å². The summed E-state index contributed by atoms with van der Waals surface area (Å²) in [7, 11) is 1.91. The first-order valence-corrected chi connectivity index (χ1v) is 6.60. The molecule has 0 radical (unpaired) electrons. The fraction of sp³-hybridized carbons (Fsp3) is 0.692. The molecule has 1 aromatic rings. The van der Waals surface area contributed by atoms with Gasteiger partial charge in [0.05, 0.1) is 0 Å². The van der Waals surface area contributed by atoms with E-state index >= 15 is 0 Å². The van der Waals surface area contributed by atoms with Crippen LogP contribution in [0.4, 0.5) is 11.6 Å². The zero-order chi connectivity index (χ0) is 12.3. The molecule has 2 rings (SSSR count). The summed E-state index contributed by atoms with van der Waals surface area (Å²) in [6.45, 7) is 5.48. The van der Waals surface area contributed by atoms with E-state index in [1.54, 1.807) is 0 Å². The summed E-state index contributed by atoms with van der Waals surface area (Å²) in [5, 5.41) is 3.12. The highest BCUT2D eigenvalue weighted by atomic mass is 15.2. The monoisotopic (exact) mass is 234 g/mol. The number of hydrogen-bond donors (Lipinski definition) is 1. The van der Waals surface area contributed by atoms with Gasteiger partial charge in [-0.15, -0.1) is 0 Å². The number of nitrogens with zero attached hydrogens (tertiary/aromatic N) is 3. The third-order valence-corrected chi connectivity index (χ3v) is 3.47. The standard InChI is InChI=1S/C13H22N4/c1-4-10-7-6-8-17(10)13-9-12(14-3)15-11(5-2)16-13/h9-10H,4-8H2,1-3H3,(H,14,15,16). The molecule has 1 atom stereocenters. The van der Waals surface area contributed by atoms with Crippen molar-refractivity contribution in [1.29, 1.82) is 0 Å². The minimum absolute atomic E-state index is 0.652. The summed E-state index contributed by atoms with van der Waals surface area (Å²) < 4.78 is 0. The van der Waals surface area contributed by atoms with Gasteiger partial charge in [-0.3, -0.25) is 0 Å². The SMILES string of the molecule is CCc1nc(NC)cc(N2CCCC2CC)n1. The number of aryl methyl sites for hydroxylation is 1. The summed E-state index contributed by atoms with van der Waals surface area (Å²) in [5.41, 5.74) is 0. The van der Waals surface area contributed by atoms with E-state index in [-0.39, 0.29) is 0 Å². The molecule has 94 valence electrons. The number of nitrogens with one attached hydrogen (secondary N) is 1. The van der Waals surface area contributed by atoms with Crippen LogP contribution in [0.15, 0.2) is 6.07 Å². The molecule has 4 nitrogen and oxygen atoms in total. The number of rotatable bonds is 4. The van der Waals surface area contributed by atoms with Gasteiger partial charge < -0.3 is 10.2 Å². The largest absolute Gasteiger partial charge is 0.373 e. The molecule has 1 unspecified atom stereocenters. The molecule has 2 heterocycles. The summed E-state index contributed by atoms with van der Waals surface area (Å²) in [5.74, 6) is 2.94. The van der Waals surface area contributed by atoms with Crippen molar-refractivity contribution >= 4 is 11.6 Å². The Morgan fingerprint density at radius 2 is 2.24 bits per heavy atom. The molecule has 0 bridgehead atoms. The molecule has 1 N–H and O–H groups in total. The van der Waals surface area contributed by atoms with Crippen molar-refractivity contribution in [3.8, 4) is 0 Å². The van der Waals surface area contributed by atoms with Crippen molar-refractivity contribution < 1.29 is 0 Å². The maximum absolute atomic E-state index is 4.65. The van der Waals surface area contributed by atoms with Crippen LogP contribution in [0.3, 0.4) is 0 Å². The lowest BCUT2D eigenvalue weighted by Gasteiger charge is -2.25. The average Bonchev–Trinajstić information content (AvgIpc) is 2.86. The first kappa shape index (κ1) is 12.1. The van der Waals surface area contributed by atoms with Gasteiger partial charge in [-0.1, -0.05) is 13.8 Å². The van der Waals surface area contributed by atoms with Crippen molar-refractivity contribution in [2.24, 2.45) is 0 Å². The number of aromatic nitrogens is 2. The zero-order valence-electron chi connectivity index (χ0n) is 11.0. The zero-order valence-corrected chi connectivity index (χ0v) is 11.0. The summed E-state index contributed by atoms with van der Waals surface area (Å²) in [4.78, 5) is 11.5. The lowest BCUT2D eigenvalue weighted by atomic mass is 10.2. The Labute approximate surface area is 103 Å². The highest BCUT2D eigenvalue weighted by molar-refractivity contribution is 5.50. The normalized spacial score (nSPS) is 19.7. The van der Waals surface area contributed by atoms with Crippen molar-refractivity contribution in [3.63, 3.8) is 0 Å². The number of anilines is 2.